The third-order valence-corrected chi connectivity index (χ3v) is 7.28. The Morgan fingerprint density at radius 2 is 1.85 bits per heavy atom. The summed E-state index contributed by atoms with van der Waals surface area (Å²) in [6.45, 7) is 2.56. The number of hydrogen-bond acceptors (Lipinski definition) is 4. The molecule has 1 fully saturated rings. The lowest BCUT2D eigenvalue weighted by atomic mass is 10.0. The van der Waals surface area contributed by atoms with Crippen molar-refractivity contribution >= 4 is 21.6 Å². The quantitative estimate of drug-likeness (QED) is 0.552. The molecule has 0 aliphatic carbocycles. The summed E-state index contributed by atoms with van der Waals surface area (Å²) < 4.78 is 33.8. The van der Waals surface area contributed by atoms with Crippen LogP contribution in [0.4, 0.5) is 5.69 Å². The van der Waals surface area contributed by atoms with E-state index in [-0.39, 0.29) is 16.8 Å². The molecule has 1 aliphatic heterocycles. The summed E-state index contributed by atoms with van der Waals surface area (Å²) in [5.41, 5.74) is 2.93. The minimum Gasteiger partial charge on any atom is -0.497 e. The number of benzene rings is 3. The van der Waals surface area contributed by atoms with E-state index in [0.717, 1.165) is 36.1 Å². The lowest BCUT2D eigenvalue weighted by molar-refractivity contribution is 0.0736. The van der Waals surface area contributed by atoms with E-state index in [9.17, 15) is 13.2 Å². The first-order chi connectivity index (χ1) is 15.9. The van der Waals surface area contributed by atoms with Crippen molar-refractivity contribution in [2.24, 2.45) is 0 Å². The molecule has 3 aromatic carbocycles. The molecular weight excluding hydrogens is 436 g/mol. The van der Waals surface area contributed by atoms with Gasteiger partial charge in [0.2, 0.25) is 0 Å². The SMILES string of the molecule is COc1cccc(CC2CCCN2C(=O)c2cccc(S(=O)(=O)Nc3cccc(C)c3)c2)c1. The highest BCUT2D eigenvalue weighted by Gasteiger charge is 2.30. The number of ether oxygens (including phenoxy) is 1. The molecule has 7 heteroatoms. The summed E-state index contributed by atoms with van der Waals surface area (Å²) in [5.74, 6) is 0.649. The zero-order valence-electron chi connectivity index (χ0n) is 18.8. The Morgan fingerprint density at radius 1 is 1.06 bits per heavy atom. The molecule has 33 heavy (non-hydrogen) atoms. The Morgan fingerprint density at radius 3 is 2.64 bits per heavy atom. The molecule has 6 nitrogen and oxygen atoms in total. The molecule has 1 unspecified atom stereocenters. The fraction of sp³-hybridized carbons (Fsp3) is 0.269. The number of aryl methyl sites for hydroxylation is 1. The molecule has 172 valence electrons. The number of likely N-dealkylation sites (tertiary alicyclic amines) is 1. The first-order valence-electron chi connectivity index (χ1n) is 11.0. The second kappa shape index (κ2) is 9.67. The van der Waals surface area contributed by atoms with Crippen LogP contribution < -0.4 is 9.46 Å². The maximum Gasteiger partial charge on any atom is 0.261 e. The summed E-state index contributed by atoms with van der Waals surface area (Å²) in [7, 11) is -2.18. The maximum atomic E-state index is 13.3. The highest BCUT2D eigenvalue weighted by atomic mass is 32.2. The molecule has 0 bridgehead atoms. The molecule has 1 saturated heterocycles. The van der Waals surface area contributed by atoms with E-state index in [1.54, 1.807) is 37.4 Å². The minimum absolute atomic E-state index is 0.0651. The minimum atomic E-state index is -3.81. The van der Waals surface area contributed by atoms with Crippen molar-refractivity contribution in [3.05, 3.63) is 89.5 Å². The van der Waals surface area contributed by atoms with Crippen molar-refractivity contribution in [1.29, 1.82) is 0 Å². The summed E-state index contributed by atoms with van der Waals surface area (Å²) >= 11 is 0. The van der Waals surface area contributed by atoms with Crippen LogP contribution in [0, 0.1) is 6.92 Å². The average molecular weight is 465 g/mol. The first-order valence-corrected chi connectivity index (χ1v) is 12.5. The van der Waals surface area contributed by atoms with Crippen LogP contribution in [-0.2, 0) is 16.4 Å². The van der Waals surface area contributed by atoms with Gasteiger partial charge in [-0.05, 0) is 79.8 Å². The first kappa shape index (κ1) is 22.9. The zero-order chi connectivity index (χ0) is 23.4. The van der Waals surface area contributed by atoms with Gasteiger partial charge in [-0.2, -0.15) is 0 Å². The summed E-state index contributed by atoms with van der Waals surface area (Å²) in [6, 6.07) is 21.4. The van der Waals surface area contributed by atoms with E-state index in [0.29, 0.717) is 17.8 Å². The Kier molecular flexibility index (Phi) is 6.70. The monoisotopic (exact) mass is 464 g/mol. The fourth-order valence-electron chi connectivity index (χ4n) is 4.27. The topological polar surface area (TPSA) is 75.7 Å². The highest BCUT2D eigenvalue weighted by Crippen LogP contribution is 2.26. The van der Waals surface area contributed by atoms with Crippen LogP contribution in [0.3, 0.4) is 0 Å². The molecule has 4 rings (SSSR count). The number of nitrogens with one attached hydrogen (secondary N) is 1. The number of rotatable bonds is 7. The van der Waals surface area contributed by atoms with Gasteiger partial charge in [-0.25, -0.2) is 8.42 Å². The van der Waals surface area contributed by atoms with Gasteiger partial charge >= 0.3 is 0 Å². The Balaban J connectivity index is 1.52. The molecule has 1 heterocycles. The van der Waals surface area contributed by atoms with E-state index < -0.39 is 10.0 Å². The van der Waals surface area contributed by atoms with Gasteiger partial charge in [-0.3, -0.25) is 9.52 Å². The number of nitrogens with zero attached hydrogens (tertiary/aromatic N) is 1. The van der Waals surface area contributed by atoms with Crippen LogP contribution in [0.1, 0.15) is 34.3 Å². The average Bonchev–Trinajstić information content (AvgIpc) is 3.26. The third-order valence-electron chi connectivity index (χ3n) is 5.91. The molecular formula is C26H28N2O4S. The predicted molar refractivity (Wildman–Crippen MR) is 129 cm³/mol. The standard InChI is InChI=1S/C26H28N2O4S/c1-19-7-3-10-22(15-19)27-33(30,31)25-13-5-9-21(18-25)26(29)28-14-6-11-23(28)16-20-8-4-12-24(17-20)32-2/h3-5,7-10,12-13,15,17-18,23,27H,6,11,14,16H2,1-2H3. The second-order valence-electron chi connectivity index (χ2n) is 8.35. The highest BCUT2D eigenvalue weighted by molar-refractivity contribution is 7.92. The van der Waals surface area contributed by atoms with Gasteiger partial charge in [0.1, 0.15) is 5.75 Å². The van der Waals surface area contributed by atoms with Crippen molar-refractivity contribution in [2.45, 2.75) is 37.1 Å². The number of carbonyl (C=O) groups excluding carboxylic acids is 1. The molecule has 1 amide bonds. The van der Waals surface area contributed by atoms with Crippen LogP contribution >= 0.6 is 0 Å². The molecule has 1 N–H and O–H groups in total. The van der Waals surface area contributed by atoms with Gasteiger partial charge in [-0.15, -0.1) is 0 Å². The van der Waals surface area contributed by atoms with Crippen molar-refractivity contribution in [3.8, 4) is 5.75 Å². The van der Waals surface area contributed by atoms with Gasteiger partial charge in [-0.1, -0.05) is 30.3 Å². The Bertz CT molecular complexity index is 1260. The number of anilines is 1. The van der Waals surface area contributed by atoms with Gasteiger partial charge in [0.15, 0.2) is 0 Å². The van der Waals surface area contributed by atoms with E-state index in [1.165, 1.54) is 12.1 Å². The van der Waals surface area contributed by atoms with Crippen molar-refractivity contribution in [3.63, 3.8) is 0 Å². The van der Waals surface area contributed by atoms with Crippen LogP contribution in [0.2, 0.25) is 0 Å². The van der Waals surface area contributed by atoms with E-state index in [1.807, 2.05) is 42.2 Å². The second-order valence-corrected chi connectivity index (χ2v) is 10.0. The fourth-order valence-corrected chi connectivity index (χ4v) is 5.37. The maximum absolute atomic E-state index is 13.3. The van der Waals surface area contributed by atoms with Gasteiger partial charge in [0, 0.05) is 23.8 Å². The van der Waals surface area contributed by atoms with Crippen LogP contribution in [0.15, 0.2) is 77.7 Å². The van der Waals surface area contributed by atoms with Gasteiger partial charge < -0.3 is 9.64 Å². The largest absolute Gasteiger partial charge is 0.497 e. The van der Waals surface area contributed by atoms with Crippen LogP contribution in [-0.4, -0.2) is 38.9 Å². The number of carbonyl (C=O) groups is 1. The van der Waals surface area contributed by atoms with Crippen molar-refractivity contribution in [1.82, 2.24) is 4.90 Å². The Labute approximate surface area is 195 Å². The Hall–Kier alpha value is -3.32. The molecule has 0 saturated carbocycles. The summed E-state index contributed by atoms with van der Waals surface area (Å²) in [6.07, 6.45) is 2.57. The van der Waals surface area contributed by atoms with E-state index in [4.69, 9.17) is 4.74 Å². The number of methoxy groups -OCH3 is 1. The van der Waals surface area contributed by atoms with Crippen molar-refractivity contribution < 1.29 is 17.9 Å². The third kappa shape index (κ3) is 5.37. The van der Waals surface area contributed by atoms with Gasteiger partial charge in [0.25, 0.3) is 15.9 Å². The number of hydrogen-bond donors (Lipinski definition) is 1. The number of amides is 1. The summed E-state index contributed by atoms with van der Waals surface area (Å²) in [4.78, 5) is 15.3. The van der Waals surface area contributed by atoms with Crippen LogP contribution in [0.5, 0.6) is 5.75 Å². The normalized spacial score (nSPS) is 15.9. The van der Waals surface area contributed by atoms with E-state index in [2.05, 4.69) is 4.72 Å². The van der Waals surface area contributed by atoms with E-state index >= 15 is 0 Å². The van der Waals surface area contributed by atoms with Gasteiger partial charge in [0.05, 0.1) is 12.0 Å². The number of sulfonamides is 1. The molecule has 0 spiro atoms. The predicted octanol–water partition coefficient (Wildman–Crippen LogP) is 4.65. The molecule has 1 atom stereocenters. The smallest absolute Gasteiger partial charge is 0.261 e. The molecule has 3 aromatic rings. The molecule has 1 aliphatic rings. The lowest BCUT2D eigenvalue weighted by Gasteiger charge is -2.25. The summed E-state index contributed by atoms with van der Waals surface area (Å²) in [5, 5.41) is 0. The van der Waals surface area contributed by atoms with Crippen LogP contribution in [0.25, 0.3) is 0 Å². The zero-order valence-corrected chi connectivity index (χ0v) is 19.6. The molecule has 0 aromatic heterocycles. The van der Waals surface area contributed by atoms with Crippen molar-refractivity contribution in [2.75, 3.05) is 18.4 Å². The molecule has 0 radical (unpaired) electrons. The lowest BCUT2D eigenvalue weighted by Crippen LogP contribution is -2.36.